The molecule has 2 amide bonds. The normalized spacial score (nSPS) is 14.8. The summed E-state index contributed by atoms with van der Waals surface area (Å²) >= 11 is 0. The molecule has 0 bridgehead atoms. The van der Waals surface area contributed by atoms with Gasteiger partial charge in [-0.25, -0.2) is 4.79 Å². The van der Waals surface area contributed by atoms with Gasteiger partial charge in [-0.15, -0.1) is 0 Å². The molecule has 29 heavy (non-hydrogen) atoms. The molecule has 3 rings (SSSR count). The predicted octanol–water partition coefficient (Wildman–Crippen LogP) is 6.22. The van der Waals surface area contributed by atoms with Crippen LogP contribution in [0.2, 0.25) is 0 Å². The van der Waals surface area contributed by atoms with Crippen molar-refractivity contribution in [3.05, 3.63) is 65.2 Å². The van der Waals surface area contributed by atoms with Gasteiger partial charge in [0.15, 0.2) is 0 Å². The lowest BCUT2D eigenvalue weighted by atomic mass is 9.86. The smallest absolute Gasteiger partial charge is 0.317 e. The number of nitriles is 1. The lowest BCUT2D eigenvalue weighted by Crippen LogP contribution is -2.43. The number of nitrogens with zero attached hydrogens (tertiary/aromatic N) is 2. The number of hydrogen-bond acceptors (Lipinski definition) is 2. The number of urea groups is 1. The standard InChI is InChI=1S/C25H31N3O/c1-25(2,3)21-14-12-19(13-15-21)18-28(23-10-5-4-6-11-23)24(29)27-22-9-7-8-20(16-22)17-26/h7-9,12-16,23H,4-6,10-11,18H2,1-3H3,(H,27,29). The van der Waals surface area contributed by atoms with Gasteiger partial charge in [0.2, 0.25) is 0 Å². The fraction of sp³-hybridized carbons (Fsp3) is 0.440. The number of rotatable bonds is 4. The molecule has 0 saturated heterocycles. The highest BCUT2D eigenvalue weighted by atomic mass is 16.2. The van der Waals surface area contributed by atoms with Gasteiger partial charge in [-0.3, -0.25) is 0 Å². The van der Waals surface area contributed by atoms with E-state index in [-0.39, 0.29) is 17.5 Å². The van der Waals surface area contributed by atoms with E-state index in [1.54, 1.807) is 18.2 Å². The van der Waals surface area contributed by atoms with Gasteiger partial charge in [0.1, 0.15) is 0 Å². The first-order valence-electron chi connectivity index (χ1n) is 10.5. The van der Waals surface area contributed by atoms with Crippen molar-refractivity contribution in [3.8, 4) is 6.07 Å². The second-order valence-corrected chi connectivity index (χ2v) is 8.99. The molecule has 0 spiro atoms. The Hall–Kier alpha value is -2.80. The van der Waals surface area contributed by atoms with Crippen LogP contribution in [0.5, 0.6) is 0 Å². The molecule has 4 heteroatoms. The highest BCUT2D eigenvalue weighted by Crippen LogP contribution is 2.27. The largest absolute Gasteiger partial charge is 0.322 e. The Bertz CT molecular complexity index is 868. The van der Waals surface area contributed by atoms with Gasteiger partial charge in [0.25, 0.3) is 0 Å². The average molecular weight is 390 g/mol. The quantitative estimate of drug-likeness (QED) is 0.674. The van der Waals surface area contributed by atoms with Crippen molar-refractivity contribution < 1.29 is 4.79 Å². The van der Waals surface area contributed by atoms with Crippen molar-refractivity contribution >= 4 is 11.7 Å². The fourth-order valence-corrected chi connectivity index (χ4v) is 3.93. The second-order valence-electron chi connectivity index (χ2n) is 8.99. The summed E-state index contributed by atoms with van der Waals surface area (Å²) in [5.41, 5.74) is 3.76. The van der Waals surface area contributed by atoms with E-state index >= 15 is 0 Å². The Balaban J connectivity index is 1.78. The van der Waals surface area contributed by atoms with E-state index in [1.807, 2.05) is 11.0 Å². The molecule has 0 radical (unpaired) electrons. The lowest BCUT2D eigenvalue weighted by Gasteiger charge is -2.34. The van der Waals surface area contributed by atoms with Crippen molar-refractivity contribution in [3.63, 3.8) is 0 Å². The minimum absolute atomic E-state index is 0.0908. The number of benzene rings is 2. The molecule has 0 atom stereocenters. The second kappa shape index (κ2) is 9.13. The van der Waals surface area contributed by atoms with Crippen LogP contribution < -0.4 is 5.32 Å². The van der Waals surface area contributed by atoms with Crippen molar-refractivity contribution in [2.45, 2.75) is 70.9 Å². The monoisotopic (exact) mass is 389 g/mol. The third kappa shape index (κ3) is 5.60. The molecule has 0 aromatic heterocycles. The van der Waals surface area contributed by atoms with Gasteiger partial charge >= 0.3 is 6.03 Å². The van der Waals surface area contributed by atoms with Crippen LogP contribution >= 0.6 is 0 Å². The van der Waals surface area contributed by atoms with Crippen molar-refractivity contribution in [2.24, 2.45) is 0 Å². The molecule has 1 aliphatic rings. The van der Waals surface area contributed by atoms with Gasteiger partial charge < -0.3 is 10.2 Å². The molecule has 1 aliphatic carbocycles. The summed E-state index contributed by atoms with van der Waals surface area (Å²) in [6.07, 6.45) is 5.68. The molecule has 1 fully saturated rings. The summed E-state index contributed by atoms with van der Waals surface area (Å²) < 4.78 is 0. The van der Waals surface area contributed by atoms with Crippen molar-refractivity contribution in [2.75, 3.05) is 5.32 Å². The summed E-state index contributed by atoms with van der Waals surface area (Å²) in [5.74, 6) is 0. The maximum atomic E-state index is 13.2. The molecule has 2 aromatic carbocycles. The van der Waals surface area contributed by atoms with E-state index in [2.05, 4.69) is 56.4 Å². The lowest BCUT2D eigenvalue weighted by molar-refractivity contribution is 0.163. The third-order valence-corrected chi connectivity index (χ3v) is 5.69. The Morgan fingerprint density at radius 3 is 2.41 bits per heavy atom. The van der Waals surface area contributed by atoms with Crippen molar-refractivity contribution in [1.82, 2.24) is 4.90 Å². The van der Waals surface area contributed by atoms with Crippen LogP contribution in [0.3, 0.4) is 0 Å². The predicted molar refractivity (Wildman–Crippen MR) is 118 cm³/mol. The topological polar surface area (TPSA) is 56.1 Å². The van der Waals surface area contributed by atoms with E-state index in [4.69, 9.17) is 5.26 Å². The Morgan fingerprint density at radius 1 is 1.10 bits per heavy atom. The molecular weight excluding hydrogens is 358 g/mol. The van der Waals surface area contributed by atoms with E-state index in [1.165, 1.54) is 24.8 Å². The number of carbonyl (C=O) groups is 1. The summed E-state index contributed by atoms with van der Waals surface area (Å²) in [7, 11) is 0. The SMILES string of the molecule is CC(C)(C)c1ccc(CN(C(=O)Nc2cccc(C#N)c2)C2CCCCC2)cc1. The van der Waals surface area contributed by atoms with Crippen LogP contribution in [-0.2, 0) is 12.0 Å². The zero-order chi connectivity index (χ0) is 20.9. The number of amides is 2. The maximum Gasteiger partial charge on any atom is 0.322 e. The van der Waals surface area contributed by atoms with E-state index < -0.39 is 0 Å². The Labute approximate surface area is 174 Å². The fourth-order valence-electron chi connectivity index (χ4n) is 3.93. The van der Waals surface area contributed by atoms with Crippen LogP contribution in [0.4, 0.5) is 10.5 Å². The Kier molecular flexibility index (Phi) is 6.59. The molecule has 0 aliphatic heterocycles. The van der Waals surface area contributed by atoms with Crippen molar-refractivity contribution in [1.29, 1.82) is 5.26 Å². The minimum Gasteiger partial charge on any atom is -0.317 e. The first-order chi connectivity index (χ1) is 13.9. The molecule has 2 aromatic rings. The molecule has 152 valence electrons. The van der Waals surface area contributed by atoms with E-state index in [9.17, 15) is 4.79 Å². The van der Waals surface area contributed by atoms with E-state index in [0.29, 0.717) is 17.8 Å². The van der Waals surface area contributed by atoms with Gasteiger partial charge in [0.05, 0.1) is 11.6 Å². The van der Waals surface area contributed by atoms with Gasteiger partial charge in [-0.2, -0.15) is 5.26 Å². The van der Waals surface area contributed by atoms with E-state index in [0.717, 1.165) is 18.4 Å². The molecule has 1 saturated carbocycles. The van der Waals surface area contributed by atoms with Gasteiger partial charge in [0, 0.05) is 18.3 Å². The molecule has 1 N–H and O–H groups in total. The van der Waals surface area contributed by atoms with Crippen LogP contribution in [0.15, 0.2) is 48.5 Å². The van der Waals surface area contributed by atoms with Crippen LogP contribution in [0, 0.1) is 11.3 Å². The number of hydrogen-bond donors (Lipinski definition) is 1. The van der Waals surface area contributed by atoms with Crippen LogP contribution in [0.1, 0.15) is 69.6 Å². The maximum absolute atomic E-state index is 13.2. The minimum atomic E-state index is -0.0908. The third-order valence-electron chi connectivity index (χ3n) is 5.69. The molecular formula is C25H31N3O. The average Bonchev–Trinajstić information content (AvgIpc) is 2.72. The number of carbonyl (C=O) groups excluding carboxylic acids is 1. The summed E-state index contributed by atoms with van der Waals surface area (Å²) in [6.45, 7) is 7.22. The van der Waals surface area contributed by atoms with Gasteiger partial charge in [-0.1, -0.05) is 70.4 Å². The Morgan fingerprint density at radius 2 is 1.79 bits per heavy atom. The summed E-state index contributed by atoms with van der Waals surface area (Å²) in [6, 6.07) is 18.0. The zero-order valence-corrected chi connectivity index (χ0v) is 17.7. The van der Waals surface area contributed by atoms with Gasteiger partial charge in [-0.05, 0) is 47.6 Å². The molecule has 4 nitrogen and oxygen atoms in total. The van der Waals surface area contributed by atoms with Crippen LogP contribution in [0.25, 0.3) is 0 Å². The molecule has 0 heterocycles. The molecule has 0 unspecified atom stereocenters. The highest BCUT2D eigenvalue weighted by molar-refractivity contribution is 5.89. The summed E-state index contributed by atoms with van der Waals surface area (Å²) in [4.78, 5) is 15.2. The zero-order valence-electron chi connectivity index (χ0n) is 17.7. The first kappa shape index (κ1) is 20.9. The highest BCUT2D eigenvalue weighted by Gasteiger charge is 2.26. The summed E-state index contributed by atoms with van der Waals surface area (Å²) in [5, 5.41) is 12.1. The number of nitrogens with one attached hydrogen (secondary N) is 1. The van der Waals surface area contributed by atoms with Crippen LogP contribution in [-0.4, -0.2) is 17.0 Å². The first-order valence-corrected chi connectivity index (χ1v) is 10.5. The number of anilines is 1.